The van der Waals surface area contributed by atoms with Gasteiger partial charge in [-0.15, -0.1) is 0 Å². The Balaban J connectivity index is 0.000000442. The highest BCUT2D eigenvalue weighted by Gasteiger charge is 2.22. The lowest BCUT2D eigenvalue weighted by Crippen LogP contribution is -2.03. The van der Waals surface area contributed by atoms with Gasteiger partial charge in [-0.2, -0.15) is 5.10 Å². The van der Waals surface area contributed by atoms with Crippen molar-refractivity contribution in [3.05, 3.63) is 17.5 Å². The quantitative estimate of drug-likeness (QED) is 0.722. The van der Waals surface area contributed by atoms with Gasteiger partial charge in [0.15, 0.2) is 0 Å². The number of hydrogen-bond acceptors (Lipinski definition) is 1. The molecule has 1 aliphatic carbocycles. The smallest absolute Gasteiger partial charge is 0.0521 e. The van der Waals surface area contributed by atoms with Crippen molar-refractivity contribution in [2.45, 2.75) is 60.9 Å². The fraction of sp³-hybridized carbons (Fsp3) is 0.769. The van der Waals surface area contributed by atoms with E-state index in [1.165, 1.54) is 24.1 Å². The van der Waals surface area contributed by atoms with E-state index in [1.807, 2.05) is 33.9 Å². The first-order valence-electron chi connectivity index (χ1n) is 6.26. The molecule has 0 atom stereocenters. The second-order valence-electron chi connectivity index (χ2n) is 3.54. The maximum absolute atomic E-state index is 4.31. The van der Waals surface area contributed by atoms with Gasteiger partial charge in [0.2, 0.25) is 0 Å². The monoisotopic (exact) mass is 210 g/mol. The van der Waals surface area contributed by atoms with Crippen molar-refractivity contribution in [1.82, 2.24) is 9.78 Å². The van der Waals surface area contributed by atoms with E-state index in [0.717, 1.165) is 12.5 Å². The van der Waals surface area contributed by atoms with Gasteiger partial charge in [0.05, 0.1) is 6.20 Å². The molecule has 1 fully saturated rings. The molecule has 0 radical (unpaired) electrons. The largest absolute Gasteiger partial charge is 0.269 e. The number of aromatic nitrogens is 2. The van der Waals surface area contributed by atoms with Crippen LogP contribution >= 0.6 is 0 Å². The van der Waals surface area contributed by atoms with E-state index in [9.17, 15) is 0 Å². The summed E-state index contributed by atoms with van der Waals surface area (Å²) in [5.41, 5.74) is 2.64. The van der Waals surface area contributed by atoms with Crippen LogP contribution in [0.2, 0.25) is 0 Å². The predicted molar refractivity (Wildman–Crippen MR) is 67.1 cm³/mol. The molecule has 0 N–H and O–H groups in total. The minimum absolute atomic E-state index is 0.924. The summed E-state index contributed by atoms with van der Waals surface area (Å²) in [7, 11) is 0. The van der Waals surface area contributed by atoms with Crippen molar-refractivity contribution in [2.75, 3.05) is 0 Å². The molecule has 0 aliphatic heterocycles. The first-order valence-corrected chi connectivity index (χ1v) is 6.26. The summed E-state index contributed by atoms with van der Waals surface area (Å²) < 4.78 is 2.13. The van der Waals surface area contributed by atoms with Crippen molar-refractivity contribution >= 4 is 0 Å². The van der Waals surface area contributed by atoms with Crippen molar-refractivity contribution in [2.24, 2.45) is 5.92 Å². The third-order valence-electron chi connectivity index (χ3n) is 2.48. The molecule has 2 heteroatoms. The van der Waals surface area contributed by atoms with Crippen LogP contribution in [0.1, 0.15) is 51.8 Å². The predicted octanol–water partition coefficient (Wildman–Crippen LogP) is 3.96. The first-order chi connectivity index (χ1) is 7.27. The molecule has 0 bridgehead atoms. The summed E-state index contributed by atoms with van der Waals surface area (Å²) >= 11 is 0. The Labute approximate surface area is 94.7 Å². The van der Waals surface area contributed by atoms with E-state index in [2.05, 4.69) is 23.6 Å². The lowest BCUT2D eigenvalue weighted by atomic mass is 10.3. The number of aryl methyl sites for hydroxylation is 1. The fourth-order valence-electron chi connectivity index (χ4n) is 1.27. The Bertz CT molecular complexity index is 259. The SMILES string of the molecule is CC.CC.Cc1cnn(CC2CC2)c1C. The molecule has 0 spiro atoms. The highest BCUT2D eigenvalue weighted by molar-refractivity contribution is 5.13. The zero-order valence-electron chi connectivity index (χ0n) is 11.2. The Morgan fingerprint density at radius 3 is 2.07 bits per heavy atom. The zero-order chi connectivity index (χ0) is 11.8. The van der Waals surface area contributed by atoms with Gasteiger partial charge < -0.3 is 0 Å². The molecule has 88 valence electrons. The summed E-state index contributed by atoms with van der Waals surface area (Å²) in [6.07, 6.45) is 4.76. The van der Waals surface area contributed by atoms with Gasteiger partial charge in [-0.1, -0.05) is 27.7 Å². The van der Waals surface area contributed by atoms with Crippen LogP contribution in [0.3, 0.4) is 0 Å². The molecule has 1 saturated carbocycles. The van der Waals surface area contributed by atoms with Crippen LogP contribution in [-0.2, 0) is 6.54 Å². The standard InChI is InChI=1S/C9H14N2.2C2H6/c1-7-5-10-11(8(7)2)6-9-3-4-9;2*1-2/h5,9H,3-4,6H2,1-2H3;2*1-2H3. The summed E-state index contributed by atoms with van der Waals surface area (Å²) in [6.45, 7) is 13.4. The second kappa shape index (κ2) is 7.49. The average Bonchev–Trinajstić information content (AvgIpc) is 3.06. The molecule has 1 aromatic heterocycles. The van der Waals surface area contributed by atoms with Crippen molar-refractivity contribution in [3.8, 4) is 0 Å². The van der Waals surface area contributed by atoms with Crippen LogP contribution in [0.4, 0.5) is 0 Å². The Morgan fingerprint density at radius 2 is 1.73 bits per heavy atom. The number of nitrogens with zero attached hydrogens (tertiary/aromatic N) is 2. The molecule has 0 unspecified atom stereocenters. The topological polar surface area (TPSA) is 17.8 Å². The van der Waals surface area contributed by atoms with Gasteiger partial charge in [-0.25, -0.2) is 0 Å². The minimum Gasteiger partial charge on any atom is -0.269 e. The lowest BCUT2D eigenvalue weighted by Gasteiger charge is -2.01. The van der Waals surface area contributed by atoms with Gasteiger partial charge in [0.25, 0.3) is 0 Å². The van der Waals surface area contributed by atoms with Gasteiger partial charge in [-0.05, 0) is 38.2 Å². The van der Waals surface area contributed by atoms with E-state index in [1.54, 1.807) is 0 Å². The van der Waals surface area contributed by atoms with Gasteiger partial charge in [0.1, 0.15) is 0 Å². The highest BCUT2D eigenvalue weighted by Crippen LogP contribution is 2.30. The summed E-state index contributed by atoms with van der Waals surface area (Å²) in [5.74, 6) is 0.924. The Hall–Kier alpha value is -0.790. The lowest BCUT2D eigenvalue weighted by molar-refractivity contribution is 0.549. The third kappa shape index (κ3) is 4.50. The highest BCUT2D eigenvalue weighted by atomic mass is 15.3. The second-order valence-corrected chi connectivity index (χ2v) is 3.54. The number of rotatable bonds is 2. The molecule has 0 saturated heterocycles. The molecule has 2 rings (SSSR count). The van der Waals surface area contributed by atoms with E-state index in [0.29, 0.717) is 0 Å². The summed E-state index contributed by atoms with van der Waals surface area (Å²) in [6, 6.07) is 0. The van der Waals surface area contributed by atoms with Crippen LogP contribution in [0.15, 0.2) is 6.20 Å². The maximum Gasteiger partial charge on any atom is 0.0521 e. The van der Waals surface area contributed by atoms with E-state index >= 15 is 0 Å². The summed E-state index contributed by atoms with van der Waals surface area (Å²) in [4.78, 5) is 0. The van der Waals surface area contributed by atoms with E-state index in [-0.39, 0.29) is 0 Å². The molecular formula is C13H26N2. The maximum atomic E-state index is 4.31. The fourth-order valence-corrected chi connectivity index (χ4v) is 1.27. The first kappa shape index (κ1) is 14.2. The molecular weight excluding hydrogens is 184 g/mol. The molecule has 1 aromatic rings. The van der Waals surface area contributed by atoms with E-state index in [4.69, 9.17) is 0 Å². The average molecular weight is 210 g/mol. The normalized spacial score (nSPS) is 13.5. The van der Waals surface area contributed by atoms with E-state index < -0.39 is 0 Å². The van der Waals surface area contributed by atoms with Crippen LogP contribution in [0.25, 0.3) is 0 Å². The molecule has 1 aliphatic rings. The molecule has 0 aromatic carbocycles. The van der Waals surface area contributed by atoms with Crippen molar-refractivity contribution in [3.63, 3.8) is 0 Å². The van der Waals surface area contributed by atoms with Gasteiger partial charge in [-0.3, -0.25) is 4.68 Å². The zero-order valence-corrected chi connectivity index (χ0v) is 11.2. The van der Waals surface area contributed by atoms with Crippen LogP contribution in [0, 0.1) is 19.8 Å². The minimum atomic E-state index is 0.924. The number of hydrogen-bond donors (Lipinski definition) is 0. The van der Waals surface area contributed by atoms with Crippen molar-refractivity contribution < 1.29 is 0 Å². The summed E-state index contributed by atoms with van der Waals surface area (Å²) in [5, 5.41) is 4.31. The molecule has 2 nitrogen and oxygen atoms in total. The Kier molecular flexibility index (Phi) is 7.10. The van der Waals surface area contributed by atoms with Crippen LogP contribution in [-0.4, -0.2) is 9.78 Å². The molecule has 0 amide bonds. The van der Waals surface area contributed by atoms with Gasteiger partial charge in [0, 0.05) is 12.2 Å². The van der Waals surface area contributed by atoms with Crippen molar-refractivity contribution in [1.29, 1.82) is 0 Å². The van der Waals surface area contributed by atoms with Gasteiger partial charge >= 0.3 is 0 Å². The molecule has 15 heavy (non-hydrogen) atoms. The third-order valence-corrected chi connectivity index (χ3v) is 2.48. The molecule has 1 heterocycles. The Morgan fingerprint density at radius 1 is 1.20 bits per heavy atom. The van der Waals surface area contributed by atoms with Crippen LogP contribution in [0.5, 0.6) is 0 Å². The van der Waals surface area contributed by atoms with Crippen LogP contribution < -0.4 is 0 Å².